The Hall–Kier alpha value is -3.67. The summed E-state index contributed by atoms with van der Waals surface area (Å²) in [5.41, 5.74) is 0. The highest BCUT2D eigenvalue weighted by molar-refractivity contribution is 5.72. The molecule has 0 aliphatic rings. The van der Waals surface area contributed by atoms with E-state index in [4.69, 9.17) is 14.2 Å². The molecule has 1 unspecified atom stereocenters. The van der Waals surface area contributed by atoms with Crippen molar-refractivity contribution < 1.29 is 28.6 Å². The Balaban J connectivity index is 4.39. The van der Waals surface area contributed by atoms with Crippen molar-refractivity contribution in [2.45, 2.75) is 194 Å². The fraction of sp³-hybridized carbons (Fsp3) is 0.627. The van der Waals surface area contributed by atoms with Gasteiger partial charge >= 0.3 is 17.9 Å². The number of rotatable bonds is 39. The second-order valence-electron chi connectivity index (χ2n) is 14.6. The SMILES string of the molecule is CC/C=C\C/C=C\C/C=C\CCCCCCCCCCCC(=O)OCC(COC(=O)C/C=C\C/C=C\C/C=C\CC)OC(=O)CCCCC/C=C\C=C/CCCC. The number of carbonyl (C=O) groups excluding carboxylic acids is 3. The molecule has 0 fully saturated rings. The van der Waals surface area contributed by atoms with Crippen molar-refractivity contribution in [2.75, 3.05) is 13.2 Å². The fourth-order valence-electron chi connectivity index (χ4n) is 5.73. The predicted octanol–water partition coefficient (Wildman–Crippen LogP) is 14.6. The van der Waals surface area contributed by atoms with E-state index in [2.05, 4.69) is 106 Å². The van der Waals surface area contributed by atoms with Gasteiger partial charge in [0, 0.05) is 12.8 Å². The molecule has 0 rings (SSSR count). The van der Waals surface area contributed by atoms with Crippen molar-refractivity contribution in [1.82, 2.24) is 0 Å². The van der Waals surface area contributed by atoms with Crippen molar-refractivity contribution in [3.8, 4) is 0 Å². The molecule has 0 aromatic rings. The van der Waals surface area contributed by atoms with Crippen LogP contribution in [0.4, 0.5) is 0 Å². The minimum Gasteiger partial charge on any atom is -0.462 e. The smallest absolute Gasteiger partial charge is 0.309 e. The standard InChI is InChI=1S/C51H82O6/c1-4-7-10-13-16-19-21-22-23-24-25-26-27-28-30-32-35-38-41-44-50(53)56-47-48(46-55-49(52)43-40-37-34-31-18-15-12-9-6-3)57-51(54)45-42-39-36-33-29-20-17-14-11-8-5-2/h7,9-10,12,14,16-20,22-23,29,31,37,40,48H,4-6,8,11,13,15,21,24-28,30,32-36,38-39,41-47H2,1-3H3/b10-7-,12-9-,17-14-,19-16-,23-22-,29-20-,31-18-,40-37-. The van der Waals surface area contributed by atoms with Crippen molar-refractivity contribution in [3.63, 3.8) is 0 Å². The second-order valence-corrected chi connectivity index (χ2v) is 14.6. The molecule has 0 amide bonds. The summed E-state index contributed by atoms with van der Waals surface area (Å²) in [4.78, 5) is 37.6. The summed E-state index contributed by atoms with van der Waals surface area (Å²) in [5, 5.41) is 0. The third-order valence-electron chi connectivity index (χ3n) is 9.11. The van der Waals surface area contributed by atoms with Gasteiger partial charge < -0.3 is 14.2 Å². The van der Waals surface area contributed by atoms with Crippen LogP contribution in [-0.2, 0) is 28.6 Å². The molecule has 0 saturated heterocycles. The molecule has 0 spiro atoms. The zero-order valence-electron chi connectivity index (χ0n) is 36.6. The maximum Gasteiger partial charge on any atom is 0.309 e. The quantitative estimate of drug-likeness (QED) is 0.0203. The number of unbranched alkanes of at least 4 members (excludes halogenated alkanes) is 14. The van der Waals surface area contributed by atoms with Gasteiger partial charge in [0.05, 0.1) is 6.42 Å². The summed E-state index contributed by atoms with van der Waals surface area (Å²) in [6.07, 6.45) is 58.6. The highest BCUT2D eigenvalue weighted by Gasteiger charge is 2.19. The first kappa shape index (κ1) is 53.3. The molecular formula is C51H82O6. The van der Waals surface area contributed by atoms with Crippen LogP contribution in [0.2, 0.25) is 0 Å². The monoisotopic (exact) mass is 791 g/mol. The molecule has 0 N–H and O–H groups in total. The van der Waals surface area contributed by atoms with Crippen molar-refractivity contribution in [2.24, 2.45) is 0 Å². The fourth-order valence-corrected chi connectivity index (χ4v) is 5.73. The number of allylic oxidation sites excluding steroid dienone is 15. The maximum absolute atomic E-state index is 12.7. The van der Waals surface area contributed by atoms with Crippen LogP contribution in [0, 0.1) is 0 Å². The van der Waals surface area contributed by atoms with E-state index >= 15 is 0 Å². The first-order valence-electron chi connectivity index (χ1n) is 22.8. The van der Waals surface area contributed by atoms with Crippen LogP contribution < -0.4 is 0 Å². The lowest BCUT2D eigenvalue weighted by molar-refractivity contribution is -0.166. The molecule has 0 heterocycles. The summed E-state index contributed by atoms with van der Waals surface area (Å²) < 4.78 is 16.5. The predicted molar refractivity (Wildman–Crippen MR) is 242 cm³/mol. The Labute approximate surface area is 349 Å². The van der Waals surface area contributed by atoms with Crippen LogP contribution in [0.25, 0.3) is 0 Å². The minimum atomic E-state index is -0.827. The summed E-state index contributed by atoms with van der Waals surface area (Å²) in [6.45, 7) is 6.20. The molecule has 1 atom stereocenters. The van der Waals surface area contributed by atoms with Crippen LogP contribution in [0.1, 0.15) is 188 Å². The third kappa shape index (κ3) is 43.3. The Morgan fingerprint density at radius 1 is 0.404 bits per heavy atom. The summed E-state index contributed by atoms with van der Waals surface area (Å²) in [7, 11) is 0. The zero-order chi connectivity index (χ0) is 41.5. The minimum absolute atomic E-state index is 0.120. The number of hydrogen-bond acceptors (Lipinski definition) is 6. The molecule has 0 aliphatic carbocycles. The Kier molecular flexibility index (Phi) is 42.1. The lowest BCUT2D eigenvalue weighted by atomic mass is 10.1. The van der Waals surface area contributed by atoms with E-state index in [1.54, 1.807) is 6.08 Å². The summed E-state index contributed by atoms with van der Waals surface area (Å²) in [5.74, 6) is -1.09. The molecule has 0 bridgehead atoms. The van der Waals surface area contributed by atoms with Gasteiger partial charge in [0.25, 0.3) is 0 Å². The molecule has 0 radical (unpaired) electrons. The molecule has 6 heteroatoms. The number of esters is 3. The van der Waals surface area contributed by atoms with E-state index < -0.39 is 12.1 Å². The Morgan fingerprint density at radius 2 is 0.807 bits per heavy atom. The first-order valence-corrected chi connectivity index (χ1v) is 22.8. The zero-order valence-corrected chi connectivity index (χ0v) is 36.6. The summed E-state index contributed by atoms with van der Waals surface area (Å²) in [6, 6.07) is 0. The number of ether oxygens (including phenoxy) is 3. The van der Waals surface area contributed by atoms with Crippen LogP contribution >= 0.6 is 0 Å². The molecule has 0 aliphatic heterocycles. The van der Waals surface area contributed by atoms with Crippen molar-refractivity contribution in [1.29, 1.82) is 0 Å². The molecule has 57 heavy (non-hydrogen) atoms. The second kappa shape index (κ2) is 45.0. The first-order chi connectivity index (χ1) is 28.0. The molecule has 6 nitrogen and oxygen atoms in total. The molecule has 0 aromatic heterocycles. The van der Waals surface area contributed by atoms with E-state index in [0.29, 0.717) is 12.8 Å². The van der Waals surface area contributed by atoms with E-state index in [1.165, 1.54) is 51.4 Å². The highest BCUT2D eigenvalue weighted by atomic mass is 16.6. The normalized spacial score (nSPS) is 13.0. The maximum atomic E-state index is 12.7. The van der Waals surface area contributed by atoms with Gasteiger partial charge in [0.1, 0.15) is 13.2 Å². The van der Waals surface area contributed by atoms with E-state index in [1.807, 2.05) is 6.08 Å². The van der Waals surface area contributed by atoms with Gasteiger partial charge in [-0.25, -0.2) is 0 Å². The van der Waals surface area contributed by atoms with E-state index in [0.717, 1.165) is 89.9 Å². The molecule has 0 aromatic carbocycles. The van der Waals surface area contributed by atoms with E-state index in [9.17, 15) is 14.4 Å². The van der Waals surface area contributed by atoms with Gasteiger partial charge in [-0.05, 0) is 83.5 Å². The topological polar surface area (TPSA) is 78.9 Å². The van der Waals surface area contributed by atoms with E-state index in [-0.39, 0.29) is 38.0 Å². The van der Waals surface area contributed by atoms with Gasteiger partial charge in [-0.2, -0.15) is 0 Å². The third-order valence-corrected chi connectivity index (χ3v) is 9.11. The lowest BCUT2D eigenvalue weighted by Gasteiger charge is -2.18. The molecular weight excluding hydrogens is 709 g/mol. The van der Waals surface area contributed by atoms with Gasteiger partial charge in [0.15, 0.2) is 6.10 Å². The average molecular weight is 791 g/mol. The van der Waals surface area contributed by atoms with Gasteiger partial charge in [-0.15, -0.1) is 0 Å². The number of carbonyl (C=O) groups is 3. The largest absolute Gasteiger partial charge is 0.462 e. The Morgan fingerprint density at radius 3 is 1.35 bits per heavy atom. The average Bonchev–Trinajstić information content (AvgIpc) is 3.21. The van der Waals surface area contributed by atoms with Crippen molar-refractivity contribution in [3.05, 3.63) is 97.2 Å². The summed E-state index contributed by atoms with van der Waals surface area (Å²) >= 11 is 0. The number of hydrogen-bond donors (Lipinski definition) is 0. The van der Waals surface area contributed by atoms with Crippen LogP contribution in [0.15, 0.2) is 97.2 Å². The van der Waals surface area contributed by atoms with Gasteiger partial charge in [0.2, 0.25) is 0 Å². The Bertz CT molecular complexity index is 1180. The van der Waals surface area contributed by atoms with Crippen molar-refractivity contribution >= 4 is 17.9 Å². The molecule has 322 valence electrons. The molecule has 0 saturated carbocycles. The highest BCUT2D eigenvalue weighted by Crippen LogP contribution is 2.13. The van der Waals surface area contributed by atoms with Crippen LogP contribution in [-0.4, -0.2) is 37.2 Å². The van der Waals surface area contributed by atoms with Gasteiger partial charge in [-0.1, -0.05) is 182 Å². The van der Waals surface area contributed by atoms with Gasteiger partial charge in [-0.3, -0.25) is 14.4 Å². The van der Waals surface area contributed by atoms with Crippen LogP contribution in [0.5, 0.6) is 0 Å². The van der Waals surface area contributed by atoms with Crippen LogP contribution in [0.3, 0.4) is 0 Å². The lowest BCUT2D eigenvalue weighted by Crippen LogP contribution is -2.30.